The van der Waals surface area contributed by atoms with Gasteiger partial charge in [-0.25, -0.2) is 0 Å². The van der Waals surface area contributed by atoms with Crippen LogP contribution in [-0.4, -0.2) is 63.6 Å². The van der Waals surface area contributed by atoms with Gasteiger partial charge in [-0.05, 0) is 34.1 Å². The predicted molar refractivity (Wildman–Crippen MR) is 104 cm³/mol. The fourth-order valence-electron chi connectivity index (χ4n) is 3.72. The molecule has 0 amide bonds. The molecule has 5 atom stereocenters. The van der Waals surface area contributed by atoms with Gasteiger partial charge in [-0.15, -0.1) is 0 Å². The fourth-order valence-corrected chi connectivity index (χ4v) is 3.72. The number of methoxy groups -OCH3 is 4. The van der Waals surface area contributed by atoms with Crippen molar-refractivity contribution in [3.05, 3.63) is 0 Å². The SMILES string of the molecule is CC.CC.CCC1(C)OC(COC)C(C)(OC)C(C)(OC)C1(C)OC. The van der Waals surface area contributed by atoms with Crippen LogP contribution in [0.15, 0.2) is 0 Å². The Morgan fingerprint density at radius 2 is 1.20 bits per heavy atom. The Hall–Kier alpha value is -0.200. The second-order valence-electron chi connectivity index (χ2n) is 6.43. The van der Waals surface area contributed by atoms with Gasteiger partial charge >= 0.3 is 0 Å². The van der Waals surface area contributed by atoms with E-state index >= 15 is 0 Å². The van der Waals surface area contributed by atoms with Gasteiger partial charge in [-0.2, -0.15) is 0 Å². The van der Waals surface area contributed by atoms with E-state index in [1.54, 1.807) is 28.4 Å². The first-order valence-electron chi connectivity index (χ1n) is 9.48. The average molecular weight is 365 g/mol. The molecule has 0 spiro atoms. The highest BCUT2D eigenvalue weighted by molar-refractivity contribution is 5.22. The minimum atomic E-state index is -0.713. The third-order valence-corrected chi connectivity index (χ3v) is 6.12. The van der Waals surface area contributed by atoms with E-state index in [2.05, 4.69) is 13.8 Å². The smallest absolute Gasteiger partial charge is 0.128 e. The van der Waals surface area contributed by atoms with Crippen molar-refractivity contribution in [2.75, 3.05) is 35.0 Å². The summed E-state index contributed by atoms with van der Waals surface area (Å²) in [5.41, 5.74) is -2.63. The zero-order chi connectivity index (χ0) is 20.5. The average Bonchev–Trinajstić information content (AvgIpc) is 2.67. The molecule has 1 fully saturated rings. The second kappa shape index (κ2) is 10.8. The summed E-state index contributed by atoms with van der Waals surface area (Å²) < 4.78 is 29.6. The molecule has 0 N–H and O–H groups in total. The molecule has 5 unspecified atom stereocenters. The molecule has 1 aliphatic rings. The Labute approximate surface area is 156 Å². The Bertz CT molecular complexity index is 364. The van der Waals surface area contributed by atoms with E-state index in [0.717, 1.165) is 6.42 Å². The molecule has 0 saturated carbocycles. The molecule has 0 radical (unpaired) electrons. The van der Waals surface area contributed by atoms with Crippen LogP contribution in [0.3, 0.4) is 0 Å². The second-order valence-corrected chi connectivity index (χ2v) is 6.43. The largest absolute Gasteiger partial charge is 0.382 e. The number of rotatable bonds is 6. The van der Waals surface area contributed by atoms with Gasteiger partial charge in [0.1, 0.15) is 22.9 Å². The van der Waals surface area contributed by atoms with E-state index in [9.17, 15) is 0 Å². The molecule has 5 heteroatoms. The number of hydrogen-bond acceptors (Lipinski definition) is 5. The molecule has 5 nitrogen and oxygen atoms in total. The molecule has 154 valence electrons. The van der Waals surface area contributed by atoms with Gasteiger partial charge in [0.15, 0.2) is 0 Å². The quantitative estimate of drug-likeness (QED) is 0.696. The molecule has 1 saturated heterocycles. The molecule has 0 aliphatic carbocycles. The summed E-state index contributed by atoms with van der Waals surface area (Å²) in [6, 6.07) is 0. The molecule has 0 aromatic rings. The minimum Gasteiger partial charge on any atom is -0.382 e. The summed E-state index contributed by atoms with van der Waals surface area (Å²) in [6.07, 6.45) is 0.529. The highest BCUT2D eigenvalue weighted by Gasteiger charge is 2.72. The lowest BCUT2D eigenvalue weighted by Crippen LogP contribution is -2.82. The van der Waals surface area contributed by atoms with E-state index in [1.165, 1.54) is 0 Å². The molecule has 1 heterocycles. The summed E-state index contributed by atoms with van der Waals surface area (Å²) in [6.45, 7) is 18.6. The van der Waals surface area contributed by atoms with Crippen molar-refractivity contribution in [2.45, 2.75) is 97.2 Å². The molecule has 0 bridgehead atoms. The molecule has 1 rings (SSSR count). The van der Waals surface area contributed by atoms with Crippen LogP contribution in [0.1, 0.15) is 68.7 Å². The standard InChI is InChI=1S/C16H32O5.2C2H6/c1-10-13(2)15(4,19-8)16(5,20-9)14(3,18-7)12(21-13)11-17-6;2*1-2/h12H,10-11H2,1-9H3;2*1-2H3. The normalized spacial score (nSPS) is 40.4. The minimum absolute atomic E-state index is 0.259. The van der Waals surface area contributed by atoms with Crippen molar-refractivity contribution in [1.82, 2.24) is 0 Å². The fraction of sp³-hybridized carbons (Fsp3) is 1.00. The maximum atomic E-state index is 6.42. The Balaban J connectivity index is 0. The lowest BCUT2D eigenvalue weighted by molar-refractivity contribution is -0.387. The van der Waals surface area contributed by atoms with Gasteiger partial charge in [0.05, 0.1) is 12.2 Å². The van der Waals surface area contributed by atoms with Crippen molar-refractivity contribution in [1.29, 1.82) is 0 Å². The van der Waals surface area contributed by atoms with Crippen LogP contribution >= 0.6 is 0 Å². The third-order valence-electron chi connectivity index (χ3n) is 6.12. The van der Waals surface area contributed by atoms with Crippen molar-refractivity contribution in [2.24, 2.45) is 0 Å². The predicted octanol–water partition coefficient (Wildman–Crippen LogP) is 4.47. The first-order valence-corrected chi connectivity index (χ1v) is 9.48. The summed E-state index contributed by atoms with van der Waals surface area (Å²) in [5, 5.41) is 0. The van der Waals surface area contributed by atoms with E-state index in [1.807, 2.05) is 48.5 Å². The number of ether oxygens (including phenoxy) is 5. The summed E-state index contributed by atoms with van der Waals surface area (Å²) >= 11 is 0. The van der Waals surface area contributed by atoms with Crippen molar-refractivity contribution in [3.63, 3.8) is 0 Å². The van der Waals surface area contributed by atoms with Crippen molar-refractivity contribution in [3.8, 4) is 0 Å². The van der Waals surface area contributed by atoms with E-state index in [0.29, 0.717) is 6.61 Å². The topological polar surface area (TPSA) is 46.2 Å². The highest BCUT2D eigenvalue weighted by atomic mass is 16.6. The number of hydrogen-bond donors (Lipinski definition) is 0. The van der Waals surface area contributed by atoms with Gasteiger partial charge < -0.3 is 23.7 Å². The molecular formula is C20H44O5. The van der Waals surface area contributed by atoms with Crippen LogP contribution in [0.4, 0.5) is 0 Å². The van der Waals surface area contributed by atoms with Crippen LogP contribution in [0.25, 0.3) is 0 Å². The lowest BCUT2D eigenvalue weighted by atomic mass is 9.60. The maximum absolute atomic E-state index is 6.42. The van der Waals surface area contributed by atoms with Gasteiger partial charge in [-0.3, -0.25) is 0 Å². The Kier molecular flexibility index (Phi) is 11.7. The maximum Gasteiger partial charge on any atom is 0.128 e. The summed E-state index contributed by atoms with van der Waals surface area (Å²) in [4.78, 5) is 0. The Morgan fingerprint density at radius 3 is 1.48 bits per heavy atom. The van der Waals surface area contributed by atoms with Gasteiger partial charge in [-0.1, -0.05) is 34.6 Å². The van der Waals surface area contributed by atoms with E-state index in [4.69, 9.17) is 23.7 Å². The van der Waals surface area contributed by atoms with Crippen LogP contribution in [0.2, 0.25) is 0 Å². The monoisotopic (exact) mass is 364 g/mol. The van der Waals surface area contributed by atoms with Gasteiger partial charge in [0, 0.05) is 28.4 Å². The van der Waals surface area contributed by atoms with Crippen LogP contribution < -0.4 is 0 Å². The zero-order valence-electron chi connectivity index (χ0n) is 19.0. The third kappa shape index (κ3) is 4.06. The zero-order valence-corrected chi connectivity index (χ0v) is 19.0. The lowest BCUT2D eigenvalue weighted by Gasteiger charge is -2.66. The molecule has 0 aromatic carbocycles. The highest BCUT2D eigenvalue weighted by Crippen LogP contribution is 2.54. The van der Waals surface area contributed by atoms with Crippen molar-refractivity contribution < 1.29 is 23.7 Å². The van der Waals surface area contributed by atoms with E-state index < -0.39 is 22.4 Å². The molecule has 1 aliphatic heterocycles. The van der Waals surface area contributed by atoms with Crippen LogP contribution in [0, 0.1) is 0 Å². The van der Waals surface area contributed by atoms with Crippen molar-refractivity contribution >= 4 is 0 Å². The van der Waals surface area contributed by atoms with Gasteiger partial charge in [0.2, 0.25) is 0 Å². The summed E-state index contributed by atoms with van der Waals surface area (Å²) in [7, 11) is 6.73. The first-order chi connectivity index (χ1) is 11.7. The molecule has 0 aromatic heterocycles. The Morgan fingerprint density at radius 1 is 0.760 bits per heavy atom. The van der Waals surface area contributed by atoms with E-state index in [-0.39, 0.29) is 6.10 Å². The first kappa shape index (κ1) is 27.0. The molecular weight excluding hydrogens is 320 g/mol. The van der Waals surface area contributed by atoms with Crippen LogP contribution in [-0.2, 0) is 23.7 Å². The molecule has 25 heavy (non-hydrogen) atoms. The van der Waals surface area contributed by atoms with Gasteiger partial charge in [0.25, 0.3) is 0 Å². The van der Waals surface area contributed by atoms with Crippen LogP contribution in [0.5, 0.6) is 0 Å². The summed E-state index contributed by atoms with van der Waals surface area (Å²) in [5.74, 6) is 0.